The number of rotatable bonds is 3. The summed E-state index contributed by atoms with van der Waals surface area (Å²) >= 11 is 0. The molecule has 1 aliphatic carbocycles. The molecule has 0 amide bonds. The zero-order valence-corrected chi connectivity index (χ0v) is 11.4. The summed E-state index contributed by atoms with van der Waals surface area (Å²) in [5.74, 6) is -0.0743. The number of sulfonamides is 1. The van der Waals surface area contributed by atoms with Crippen LogP contribution in [0.4, 0.5) is 4.39 Å². The molecule has 1 aliphatic heterocycles. The fraction of sp³-hybridized carbons (Fsp3) is 0.538. The van der Waals surface area contributed by atoms with Crippen LogP contribution in [-0.4, -0.2) is 25.3 Å². The molecular weight excluding hydrogens is 267 g/mol. The summed E-state index contributed by atoms with van der Waals surface area (Å²) in [6.45, 7) is 0.657. The van der Waals surface area contributed by atoms with Gasteiger partial charge in [0.05, 0.1) is 4.90 Å². The molecule has 3 rings (SSSR count). The lowest BCUT2D eigenvalue weighted by Gasteiger charge is -2.27. The minimum absolute atomic E-state index is 0.0301. The van der Waals surface area contributed by atoms with Gasteiger partial charge in [-0.05, 0) is 42.9 Å². The van der Waals surface area contributed by atoms with E-state index in [4.69, 9.17) is 5.73 Å². The second-order valence-corrected chi connectivity index (χ2v) is 7.22. The first kappa shape index (κ1) is 13.0. The van der Waals surface area contributed by atoms with Crippen molar-refractivity contribution in [1.82, 2.24) is 4.31 Å². The predicted molar refractivity (Wildman–Crippen MR) is 69.3 cm³/mol. The van der Waals surface area contributed by atoms with Gasteiger partial charge in [0, 0.05) is 19.1 Å². The van der Waals surface area contributed by atoms with E-state index in [1.54, 1.807) is 0 Å². The number of piperidine rings is 1. The van der Waals surface area contributed by atoms with Crippen molar-refractivity contribution in [2.45, 2.75) is 36.7 Å². The first-order chi connectivity index (χ1) is 9.02. The molecule has 1 heterocycles. The Hall–Kier alpha value is -0.980. The van der Waals surface area contributed by atoms with Gasteiger partial charge in [-0.25, -0.2) is 12.8 Å². The maximum Gasteiger partial charge on any atom is 0.243 e. The summed E-state index contributed by atoms with van der Waals surface area (Å²) in [7, 11) is -3.62. The smallest absolute Gasteiger partial charge is 0.243 e. The summed E-state index contributed by atoms with van der Waals surface area (Å²) in [6, 6.07) is 3.88. The number of fused-ring (bicyclic) bond motifs is 2. The number of hydrogen-bond acceptors (Lipinski definition) is 3. The molecule has 104 valence electrons. The first-order valence-corrected chi connectivity index (χ1v) is 7.96. The molecule has 19 heavy (non-hydrogen) atoms. The number of nitrogens with zero attached hydrogens (tertiary/aromatic N) is 1. The highest BCUT2D eigenvalue weighted by molar-refractivity contribution is 7.89. The van der Waals surface area contributed by atoms with Gasteiger partial charge in [-0.1, -0.05) is 6.07 Å². The molecule has 1 aromatic rings. The third-order valence-electron chi connectivity index (χ3n) is 4.19. The Morgan fingerprint density at radius 3 is 2.74 bits per heavy atom. The summed E-state index contributed by atoms with van der Waals surface area (Å²) in [6.07, 6.45) is 2.95. The maximum absolute atomic E-state index is 13.4. The predicted octanol–water partition coefficient (Wildman–Crippen LogP) is 1.46. The summed E-state index contributed by atoms with van der Waals surface area (Å²) in [5.41, 5.74) is 6.04. The van der Waals surface area contributed by atoms with E-state index in [9.17, 15) is 12.8 Å². The molecule has 2 N–H and O–H groups in total. The fourth-order valence-corrected chi connectivity index (χ4v) is 5.23. The Morgan fingerprint density at radius 1 is 1.37 bits per heavy atom. The number of benzene rings is 1. The van der Waals surface area contributed by atoms with Gasteiger partial charge in [-0.2, -0.15) is 4.31 Å². The Bertz CT molecular complexity index is 603. The number of nitrogens with two attached hydrogens (primary N) is 1. The Morgan fingerprint density at radius 2 is 2.16 bits per heavy atom. The third-order valence-corrected chi connectivity index (χ3v) is 6.20. The Labute approximate surface area is 112 Å². The average molecular weight is 284 g/mol. The van der Waals surface area contributed by atoms with Gasteiger partial charge < -0.3 is 5.73 Å². The van der Waals surface area contributed by atoms with Crippen molar-refractivity contribution in [1.29, 1.82) is 0 Å². The van der Waals surface area contributed by atoms with Crippen LogP contribution in [0.25, 0.3) is 0 Å². The van der Waals surface area contributed by atoms with Crippen LogP contribution in [0, 0.1) is 11.7 Å². The van der Waals surface area contributed by atoms with Gasteiger partial charge in [0.1, 0.15) is 5.82 Å². The Kier molecular flexibility index (Phi) is 3.11. The van der Waals surface area contributed by atoms with E-state index in [-0.39, 0.29) is 17.5 Å². The summed E-state index contributed by atoms with van der Waals surface area (Å²) < 4.78 is 40.2. The lowest BCUT2D eigenvalue weighted by molar-refractivity contribution is 0.333. The zero-order valence-electron chi connectivity index (χ0n) is 10.5. The molecule has 1 saturated heterocycles. The van der Waals surface area contributed by atoms with E-state index < -0.39 is 15.8 Å². The normalized spacial score (nSPS) is 27.1. The minimum Gasteiger partial charge on any atom is -0.326 e. The summed E-state index contributed by atoms with van der Waals surface area (Å²) in [5, 5.41) is 0. The number of halogens is 1. The SMILES string of the molecule is NCc1ccc(F)cc1S(=O)(=O)N1CC2CCC1C2. The van der Waals surface area contributed by atoms with Crippen molar-refractivity contribution in [2.75, 3.05) is 6.54 Å². The molecule has 0 spiro atoms. The van der Waals surface area contributed by atoms with E-state index >= 15 is 0 Å². The quantitative estimate of drug-likeness (QED) is 0.914. The van der Waals surface area contributed by atoms with Crippen LogP contribution in [0.5, 0.6) is 0 Å². The second kappa shape index (κ2) is 4.54. The topological polar surface area (TPSA) is 63.4 Å². The van der Waals surface area contributed by atoms with Gasteiger partial charge in [0.25, 0.3) is 0 Å². The van der Waals surface area contributed by atoms with Crippen molar-refractivity contribution >= 4 is 10.0 Å². The van der Waals surface area contributed by atoms with Crippen LogP contribution in [0.2, 0.25) is 0 Å². The molecule has 0 radical (unpaired) electrons. The van der Waals surface area contributed by atoms with E-state index in [0.717, 1.165) is 25.3 Å². The highest BCUT2D eigenvalue weighted by Crippen LogP contribution is 2.40. The van der Waals surface area contributed by atoms with Crippen molar-refractivity contribution in [3.63, 3.8) is 0 Å². The molecule has 2 atom stereocenters. The van der Waals surface area contributed by atoms with Gasteiger partial charge in [0.15, 0.2) is 0 Å². The van der Waals surface area contributed by atoms with Crippen LogP contribution < -0.4 is 5.73 Å². The minimum atomic E-state index is -3.62. The van der Waals surface area contributed by atoms with E-state index in [1.807, 2.05) is 0 Å². The highest BCUT2D eigenvalue weighted by Gasteiger charge is 2.44. The highest BCUT2D eigenvalue weighted by atomic mass is 32.2. The van der Waals surface area contributed by atoms with Crippen molar-refractivity contribution in [3.8, 4) is 0 Å². The third kappa shape index (κ3) is 2.07. The van der Waals surface area contributed by atoms with Crippen LogP contribution in [0.3, 0.4) is 0 Å². The standard InChI is InChI=1S/C13H17FN2O2S/c14-11-3-2-10(7-15)13(6-11)19(17,18)16-8-9-1-4-12(16)5-9/h2-3,6,9,12H,1,4-5,7-8,15H2. The largest absolute Gasteiger partial charge is 0.326 e. The lowest BCUT2D eigenvalue weighted by atomic mass is 10.1. The van der Waals surface area contributed by atoms with Gasteiger partial charge in [-0.3, -0.25) is 0 Å². The molecule has 1 aromatic carbocycles. The van der Waals surface area contributed by atoms with Crippen molar-refractivity contribution in [3.05, 3.63) is 29.6 Å². The molecule has 2 fully saturated rings. The van der Waals surface area contributed by atoms with Crippen LogP contribution >= 0.6 is 0 Å². The Balaban J connectivity index is 2.03. The molecule has 0 aromatic heterocycles. The molecule has 2 unspecified atom stereocenters. The van der Waals surface area contributed by atoms with E-state index in [1.165, 1.54) is 16.4 Å². The molecule has 6 heteroatoms. The first-order valence-electron chi connectivity index (χ1n) is 6.52. The van der Waals surface area contributed by atoms with Crippen molar-refractivity contribution < 1.29 is 12.8 Å². The lowest BCUT2D eigenvalue weighted by Crippen LogP contribution is -2.38. The van der Waals surface area contributed by atoms with E-state index in [0.29, 0.717) is 18.0 Å². The number of hydrogen-bond donors (Lipinski definition) is 1. The van der Waals surface area contributed by atoms with Gasteiger partial charge >= 0.3 is 0 Å². The zero-order chi connectivity index (χ0) is 13.6. The van der Waals surface area contributed by atoms with Gasteiger partial charge in [-0.15, -0.1) is 0 Å². The van der Waals surface area contributed by atoms with Crippen LogP contribution in [0.1, 0.15) is 24.8 Å². The average Bonchev–Trinajstić information content (AvgIpc) is 3.01. The van der Waals surface area contributed by atoms with Crippen molar-refractivity contribution in [2.24, 2.45) is 11.7 Å². The molecule has 4 nitrogen and oxygen atoms in total. The molecule has 2 aliphatic rings. The van der Waals surface area contributed by atoms with Gasteiger partial charge in [0.2, 0.25) is 10.0 Å². The monoisotopic (exact) mass is 284 g/mol. The molecular formula is C13H17FN2O2S. The molecule has 1 saturated carbocycles. The maximum atomic E-state index is 13.4. The fourth-order valence-electron chi connectivity index (χ4n) is 3.24. The molecule has 2 bridgehead atoms. The summed E-state index contributed by atoms with van der Waals surface area (Å²) in [4.78, 5) is 0.0301. The van der Waals surface area contributed by atoms with E-state index in [2.05, 4.69) is 0 Å². The van der Waals surface area contributed by atoms with Crippen LogP contribution in [0.15, 0.2) is 23.1 Å². The van der Waals surface area contributed by atoms with Crippen LogP contribution in [-0.2, 0) is 16.6 Å². The second-order valence-electron chi connectivity index (χ2n) is 5.36.